The van der Waals surface area contributed by atoms with Crippen LogP contribution in [0.1, 0.15) is 20.3 Å². The second-order valence-electron chi connectivity index (χ2n) is 4.45. The molecule has 1 rings (SSSR count). The number of hydrogen-bond acceptors (Lipinski definition) is 3. The van der Waals surface area contributed by atoms with Crippen LogP contribution in [0.4, 0.5) is 10.5 Å². The number of anilines is 1. The molecule has 0 saturated heterocycles. The number of benzene rings is 1. The first-order chi connectivity index (χ1) is 9.08. The predicted molar refractivity (Wildman–Crippen MR) is 75.6 cm³/mol. The fraction of sp³-hybridized carbons (Fsp3) is 0.500. The van der Waals surface area contributed by atoms with Crippen molar-refractivity contribution in [3.05, 3.63) is 24.3 Å². The van der Waals surface area contributed by atoms with Gasteiger partial charge >= 0.3 is 6.03 Å². The van der Waals surface area contributed by atoms with Crippen molar-refractivity contribution in [3.63, 3.8) is 0 Å². The van der Waals surface area contributed by atoms with Gasteiger partial charge in [0.15, 0.2) is 0 Å². The number of aliphatic hydroxyl groups excluding tert-OH is 1. The van der Waals surface area contributed by atoms with E-state index in [-0.39, 0.29) is 18.7 Å². The Hall–Kier alpha value is -1.75. The molecule has 5 nitrogen and oxygen atoms in total. The minimum atomic E-state index is -0.247. The lowest BCUT2D eigenvalue weighted by Gasteiger charge is -2.23. The zero-order chi connectivity index (χ0) is 14.3. The standard InChI is InChI=1S/C14H22N2O3/c1-4-9-19-13-7-5-12(6-8-13)15-14(18)16(3)11(2)10-17/h5-8,11,17H,4,9-10H2,1-3H3,(H,15,18). The summed E-state index contributed by atoms with van der Waals surface area (Å²) in [5.74, 6) is 0.789. The third kappa shape index (κ3) is 4.79. The number of amides is 2. The quantitative estimate of drug-likeness (QED) is 0.830. The summed E-state index contributed by atoms with van der Waals surface area (Å²) in [5.41, 5.74) is 0.700. The van der Waals surface area contributed by atoms with E-state index in [1.54, 1.807) is 26.1 Å². The first kappa shape index (κ1) is 15.3. The maximum absolute atomic E-state index is 11.8. The highest BCUT2D eigenvalue weighted by atomic mass is 16.5. The average molecular weight is 266 g/mol. The van der Waals surface area contributed by atoms with Gasteiger partial charge in [0.2, 0.25) is 0 Å². The van der Waals surface area contributed by atoms with Gasteiger partial charge < -0.3 is 20.1 Å². The SMILES string of the molecule is CCCOc1ccc(NC(=O)N(C)C(C)CO)cc1. The van der Waals surface area contributed by atoms with Gasteiger partial charge in [0, 0.05) is 12.7 Å². The Morgan fingerprint density at radius 3 is 2.58 bits per heavy atom. The van der Waals surface area contributed by atoms with Crippen LogP contribution in [0.5, 0.6) is 5.75 Å². The molecule has 1 unspecified atom stereocenters. The topological polar surface area (TPSA) is 61.8 Å². The Kier molecular flexibility index (Phi) is 6.15. The minimum absolute atomic E-state index is 0.0618. The van der Waals surface area contributed by atoms with Crippen LogP contribution in [0.25, 0.3) is 0 Å². The maximum atomic E-state index is 11.8. The molecule has 0 spiro atoms. The Morgan fingerprint density at radius 2 is 2.05 bits per heavy atom. The largest absolute Gasteiger partial charge is 0.494 e. The molecule has 0 fully saturated rings. The molecule has 2 N–H and O–H groups in total. The minimum Gasteiger partial charge on any atom is -0.494 e. The van der Waals surface area contributed by atoms with Crippen LogP contribution in [0.2, 0.25) is 0 Å². The smallest absolute Gasteiger partial charge is 0.321 e. The molecule has 0 heterocycles. The highest BCUT2D eigenvalue weighted by Crippen LogP contribution is 2.16. The van der Waals surface area contributed by atoms with Gasteiger partial charge in [-0.3, -0.25) is 0 Å². The molecule has 1 aromatic rings. The molecule has 0 aliphatic heterocycles. The average Bonchev–Trinajstić information content (AvgIpc) is 2.44. The molecule has 2 amide bonds. The molecule has 1 aromatic carbocycles. The van der Waals surface area contributed by atoms with Gasteiger partial charge in [-0.15, -0.1) is 0 Å². The molecule has 0 aliphatic carbocycles. The fourth-order valence-electron chi connectivity index (χ4n) is 1.39. The van der Waals surface area contributed by atoms with E-state index in [4.69, 9.17) is 9.84 Å². The number of rotatable bonds is 6. The highest BCUT2D eigenvalue weighted by molar-refractivity contribution is 5.89. The van der Waals surface area contributed by atoms with E-state index >= 15 is 0 Å². The molecular formula is C14H22N2O3. The lowest BCUT2D eigenvalue weighted by Crippen LogP contribution is -2.40. The second kappa shape index (κ2) is 7.63. The number of ether oxygens (including phenoxy) is 1. The molecule has 0 bridgehead atoms. The van der Waals surface area contributed by atoms with Crippen molar-refractivity contribution in [2.75, 3.05) is 25.6 Å². The van der Waals surface area contributed by atoms with Gasteiger partial charge in [0.05, 0.1) is 19.3 Å². The van der Waals surface area contributed by atoms with Crippen LogP contribution in [0.15, 0.2) is 24.3 Å². The monoisotopic (exact) mass is 266 g/mol. The first-order valence-corrected chi connectivity index (χ1v) is 6.46. The number of hydrogen-bond donors (Lipinski definition) is 2. The normalized spacial score (nSPS) is 11.8. The van der Waals surface area contributed by atoms with Gasteiger partial charge in [0.25, 0.3) is 0 Å². The van der Waals surface area contributed by atoms with Crippen molar-refractivity contribution in [1.82, 2.24) is 4.90 Å². The Bertz CT molecular complexity index is 392. The summed E-state index contributed by atoms with van der Waals surface area (Å²) in [5, 5.41) is 11.8. The van der Waals surface area contributed by atoms with Gasteiger partial charge in [0.1, 0.15) is 5.75 Å². The summed E-state index contributed by atoms with van der Waals surface area (Å²) < 4.78 is 5.46. The van der Waals surface area contributed by atoms with Crippen LogP contribution >= 0.6 is 0 Å². The molecule has 0 saturated carbocycles. The van der Waals surface area contributed by atoms with E-state index in [0.29, 0.717) is 12.3 Å². The van der Waals surface area contributed by atoms with Crippen molar-refractivity contribution in [3.8, 4) is 5.75 Å². The summed E-state index contributed by atoms with van der Waals surface area (Å²) >= 11 is 0. The number of likely N-dealkylation sites (N-methyl/N-ethyl adjacent to an activating group) is 1. The lowest BCUT2D eigenvalue weighted by molar-refractivity contribution is 0.166. The van der Waals surface area contributed by atoms with Crippen LogP contribution < -0.4 is 10.1 Å². The molecular weight excluding hydrogens is 244 g/mol. The number of nitrogens with one attached hydrogen (secondary N) is 1. The van der Waals surface area contributed by atoms with Gasteiger partial charge in [-0.05, 0) is 37.6 Å². The summed E-state index contributed by atoms with van der Waals surface area (Å²) in [6, 6.07) is 6.76. The molecule has 106 valence electrons. The first-order valence-electron chi connectivity index (χ1n) is 6.46. The number of carbonyl (C=O) groups excluding carboxylic acids is 1. The summed E-state index contributed by atoms with van der Waals surface area (Å²) in [6.07, 6.45) is 0.961. The van der Waals surface area contributed by atoms with Crippen molar-refractivity contribution >= 4 is 11.7 Å². The highest BCUT2D eigenvalue weighted by Gasteiger charge is 2.14. The second-order valence-corrected chi connectivity index (χ2v) is 4.45. The third-order valence-corrected chi connectivity index (χ3v) is 2.82. The van der Waals surface area contributed by atoms with Crippen LogP contribution in [0.3, 0.4) is 0 Å². The van der Waals surface area contributed by atoms with Crippen LogP contribution in [0, 0.1) is 0 Å². The maximum Gasteiger partial charge on any atom is 0.321 e. The van der Waals surface area contributed by atoms with E-state index in [0.717, 1.165) is 12.2 Å². The summed E-state index contributed by atoms with van der Waals surface area (Å²) in [6.45, 7) is 4.45. The van der Waals surface area contributed by atoms with Gasteiger partial charge in [-0.2, -0.15) is 0 Å². The van der Waals surface area contributed by atoms with Crippen molar-refractivity contribution in [2.24, 2.45) is 0 Å². The Morgan fingerprint density at radius 1 is 1.42 bits per heavy atom. The van der Waals surface area contributed by atoms with E-state index in [2.05, 4.69) is 5.32 Å². The Balaban J connectivity index is 2.55. The molecule has 0 aliphatic rings. The van der Waals surface area contributed by atoms with Crippen molar-refractivity contribution in [2.45, 2.75) is 26.3 Å². The van der Waals surface area contributed by atoms with E-state index in [1.165, 1.54) is 4.90 Å². The summed E-state index contributed by atoms with van der Waals surface area (Å²) in [7, 11) is 1.65. The number of nitrogens with zero attached hydrogens (tertiary/aromatic N) is 1. The molecule has 1 atom stereocenters. The molecule has 0 aromatic heterocycles. The number of urea groups is 1. The van der Waals surface area contributed by atoms with Crippen molar-refractivity contribution < 1.29 is 14.6 Å². The molecule has 0 radical (unpaired) electrons. The lowest BCUT2D eigenvalue weighted by atomic mass is 10.3. The van der Waals surface area contributed by atoms with Crippen LogP contribution in [-0.4, -0.2) is 42.3 Å². The fourth-order valence-corrected chi connectivity index (χ4v) is 1.39. The zero-order valence-electron chi connectivity index (χ0n) is 11.7. The van der Waals surface area contributed by atoms with E-state index in [1.807, 2.05) is 19.1 Å². The summed E-state index contributed by atoms with van der Waals surface area (Å²) in [4.78, 5) is 13.3. The predicted octanol–water partition coefficient (Wildman–Crippen LogP) is 2.32. The number of carbonyl (C=O) groups is 1. The zero-order valence-corrected chi connectivity index (χ0v) is 11.7. The molecule has 5 heteroatoms. The Labute approximate surface area is 114 Å². The van der Waals surface area contributed by atoms with E-state index in [9.17, 15) is 4.79 Å². The van der Waals surface area contributed by atoms with Gasteiger partial charge in [-0.1, -0.05) is 6.92 Å². The van der Waals surface area contributed by atoms with Gasteiger partial charge in [-0.25, -0.2) is 4.79 Å². The van der Waals surface area contributed by atoms with Crippen molar-refractivity contribution in [1.29, 1.82) is 0 Å². The molecule has 19 heavy (non-hydrogen) atoms. The third-order valence-electron chi connectivity index (χ3n) is 2.82. The van der Waals surface area contributed by atoms with E-state index < -0.39 is 0 Å². The van der Waals surface area contributed by atoms with Crippen LogP contribution in [-0.2, 0) is 0 Å². The number of aliphatic hydroxyl groups is 1.